The molecular formula is C20H14F3N3O2. The Morgan fingerprint density at radius 2 is 1.89 bits per heavy atom. The van der Waals surface area contributed by atoms with E-state index in [9.17, 15) is 23.2 Å². The number of aromatic nitrogens is 2. The first-order valence-electron chi connectivity index (χ1n) is 8.30. The first kappa shape index (κ1) is 19.2. The van der Waals surface area contributed by atoms with Crippen LogP contribution in [0.1, 0.15) is 28.5 Å². The van der Waals surface area contributed by atoms with Crippen LogP contribution in [0, 0.1) is 11.3 Å². The largest absolute Gasteiger partial charge is 0.461 e. The minimum Gasteiger partial charge on any atom is -0.461 e. The van der Waals surface area contributed by atoms with Gasteiger partial charge in [-0.2, -0.15) is 23.5 Å². The molecule has 0 radical (unpaired) electrons. The Bertz CT molecular complexity index is 1050. The maximum absolute atomic E-state index is 13.1. The third kappa shape index (κ3) is 3.60. The average Bonchev–Trinajstić information content (AvgIpc) is 3.08. The molecular weight excluding hydrogens is 371 g/mol. The highest BCUT2D eigenvalue weighted by Gasteiger charge is 2.31. The van der Waals surface area contributed by atoms with E-state index in [1.807, 2.05) is 6.07 Å². The van der Waals surface area contributed by atoms with Gasteiger partial charge in [-0.15, -0.1) is 0 Å². The van der Waals surface area contributed by atoms with Crippen LogP contribution in [-0.4, -0.2) is 22.4 Å². The first-order chi connectivity index (χ1) is 13.4. The summed E-state index contributed by atoms with van der Waals surface area (Å²) in [5, 5.41) is 13.8. The fraction of sp³-hybridized carbons (Fsp3) is 0.150. The Labute approximate surface area is 158 Å². The van der Waals surface area contributed by atoms with Gasteiger partial charge in [-0.1, -0.05) is 36.4 Å². The number of benzene rings is 2. The van der Waals surface area contributed by atoms with Gasteiger partial charge in [0, 0.05) is 5.56 Å². The highest BCUT2D eigenvalue weighted by Crippen LogP contribution is 2.33. The van der Waals surface area contributed by atoms with Crippen LogP contribution >= 0.6 is 0 Å². The van der Waals surface area contributed by atoms with Crippen molar-refractivity contribution in [3.05, 3.63) is 71.4 Å². The maximum atomic E-state index is 13.1. The molecule has 3 aromatic rings. The zero-order valence-electron chi connectivity index (χ0n) is 14.7. The van der Waals surface area contributed by atoms with E-state index in [4.69, 9.17) is 4.74 Å². The SMILES string of the molecule is CCOC(=O)c1nn(-c2cccc(C(F)(F)F)c2)c(-c2ccccc2)c1C#N. The molecule has 0 saturated heterocycles. The number of carbonyl (C=O) groups excluding carboxylic acids is 1. The molecule has 0 aliphatic carbocycles. The van der Waals surface area contributed by atoms with Crippen molar-refractivity contribution in [2.24, 2.45) is 0 Å². The number of nitrogens with zero attached hydrogens (tertiary/aromatic N) is 3. The highest BCUT2D eigenvalue weighted by atomic mass is 19.4. The number of rotatable bonds is 4. The molecule has 2 aromatic carbocycles. The van der Waals surface area contributed by atoms with E-state index in [-0.39, 0.29) is 29.2 Å². The van der Waals surface area contributed by atoms with Crippen molar-refractivity contribution in [2.75, 3.05) is 6.61 Å². The van der Waals surface area contributed by atoms with E-state index in [0.717, 1.165) is 16.8 Å². The smallest absolute Gasteiger partial charge is 0.416 e. The number of halogens is 3. The molecule has 8 heteroatoms. The Morgan fingerprint density at radius 1 is 1.18 bits per heavy atom. The normalized spacial score (nSPS) is 11.1. The van der Waals surface area contributed by atoms with E-state index < -0.39 is 17.7 Å². The van der Waals surface area contributed by atoms with Crippen LogP contribution in [-0.2, 0) is 10.9 Å². The second-order valence-electron chi connectivity index (χ2n) is 5.73. The standard InChI is InChI=1S/C20H14F3N3O2/c1-2-28-19(27)17-16(12-24)18(13-7-4-3-5-8-13)26(25-17)15-10-6-9-14(11-15)20(21,22)23/h3-11H,2H2,1H3. The molecule has 0 atom stereocenters. The van der Waals surface area contributed by atoms with E-state index in [2.05, 4.69) is 5.10 Å². The van der Waals surface area contributed by atoms with Crippen LogP contribution in [0.25, 0.3) is 16.9 Å². The molecule has 0 N–H and O–H groups in total. The molecule has 0 unspecified atom stereocenters. The highest BCUT2D eigenvalue weighted by molar-refractivity contribution is 5.93. The lowest BCUT2D eigenvalue weighted by atomic mass is 10.1. The predicted octanol–water partition coefficient (Wildman–Crippen LogP) is 4.61. The van der Waals surface area contributed by atoms with E-state index >= 15 is 0 Å². The molecule has 1 aromatic heterocycles. The summed E-state index contributed by atoms with van der Waals surface area (Å²) in [5.41, 5.74) is -0.371. The molecule has 142 valence electrons. The molecule has 1 heterocycles. The monoisotopic (exact) mass is 385 g/mol. The lowest BCUT2D eigenvalue weighted by Gasteiger charge is -2.11. The van der Waals surface area contributed by atoms with Gasteiger partial charge >= 0.3 is 12.1 Å². The van der Waals surface area contributed by atoms with Crippen LogP contribution in [0.5, 0.6) is 0 Å². The summed E-state index contributed by atoms with van der Waals surface area (Å²) in [6.45, 7) is 1.67. The van der Waals surface area contributed by atoms with Gasteiger partial charge in [-0.3, -0.25) is 0 Å². The number of alkyl halides is 3. The van der Waals surface area contributed by atoms with Crippen LogP contribution in [0.2, 0.25) is 0 Å². The molecule has 28 heavy (non-hydrogen) atoms. The predicted molar refractivity (Wildman–Crippen MR) is 94.7 cm³/mol. The van der Waals surface area contributed by atoms with Crippen molar-refractivity contribution in [2.45, 2.75) is 13.1 Å². The van der Waals surface area contributed by atoms with Gasteiger partial charge in [0.25, 0.3) is 0 Å². The number of nitriles is 1. The van der Waals surface area contributed by atoms with Crippen molar-refractivity contribution >= 4 is 5.97 Å². The van der Waals surface area contributed by atoms with Crippen LogP contribution in [0.4, 0.5) is 13.2 Å². The van der Waals surface area contributed by atoms with Crippen LogP contribution < -0.4 is 0 Å². The summed E-state index contributed by atoms with van der Waals surface area (Å²) in [5.74, 6) is -0.818. The molecule has 0 aliphatic rings. The zero-order chi connectivity index (χ0) is 20.3. The lowest BCUT2D eigenvalue weighted by molar-refractivity contribution is -0.137. The topological polar surface area (TPSA) is 67.9 Å². The van der Waals surface area contributed by atoms with Crippen LogP contribution in [0.3, 0.4) is 0 Å². The average molecular weight is 385 g/mol. The summed E-state index contributed by atoms with van der Waals surface area (Å²) >= 11 is 0. The number of hydrogen-bond acceptors (Lipinski definition) is 4. The summed E-state index contributed by atoms with van der Waals surface area (Å²) in [4.78, 5) is 12.2. The first-order valence-corrected chi connectivity index (χ1v) is 8.30. The van der Waals surface area contributed by atoms with Gasteiger partial charge in [-0.25, -0.2) is 9.48 Å². The van der Waals surface area contributed by atoms with Crippen molar-refractivity contribution in [3.8, 4) is 23.0 Å². The number of esters is 1. The summed E-state index contributed by atoms with van der Waals surface area (Å²) in [6.07, 6.45) is -4.54. The van der Waals surface area contributed by atoms with Gasteiger partial charge in [-0.05, 0) is 25.1 Å². The fourth-order valence-electron chi connectivity index (χ4n) is 2.73. The van der Waals surface area contributed by atoms with Crippen molar-refractivity contribution in [1.29, 1.82) is 5.26 Å². The lowest BCUT2D eigenvalue weighted by Crippen LogP contribution is -2.09. The fourth-order valence-corrected chi connectivity index (χ4v) is 2.73. The number of ether oxygens (including phenoxy) is 1. The Hall–Kier alpha value is -3.60. The van der Waals surface area contributed by atoms with Gasteiger partial charge < -0.3 is 4.74 Å². The van der Waals surface area contributed by atoms with Crippen molar-refractivity contribution in [3.63, 3.8) is 0 Å². The van der Waals surface area contributed by atoms with Crippen molar-refractivity contribution in [1.82, 2.24) is 9.78 Å². The third-order valence-corrected chi connectivity index (χ3v) is 3.93. The molecule has 0 amide bonds. The molecule has 0 fully saturated rings. The summed E-state index contributed by atoms with van der Waals surface area (Å²) in [7, 11) is 0. The second-order valence-corrected chi connectivity index (χ2v) is 5.73. The Morgan fingerprint density at radius 3 is 2.50 bits per heavy atom. The van der Waals surface area contributed by atoms with E-state index in [1.54, 1.807) is 37.3 Å². The van der Waals surface area contributed by atoms with Crippen molar-refractivity contribution < 1.29 is 22.7 Å². The molecule has 0 bridgehead atoms. The number of carbonyl (C=O) groups is 1. The molecule has 3 rings (SSSR count). The van der Waals surface area contributed by atoms with E-state index in [1.165, 1.54) is 12.1 Å². The molecule has 0 spiro atoms. The van der Waals surface area contributed by atoms with Gasteiger partial charge in [0.15, 0.2) is 5.69 Å². The minimum absolute atomic E-state index is 0.0675. The van der Waals surface area contributed by atoms with Gasteiger partial charge in [0.05, 0.1) is 23.6 Å². The zero-order valence-corrected chi connectivity index (χ0v) is 14.7. The summed E-state index contributed by atoms with van der Waals surface area (Å²) in [6, 6.07) is 15.0. The molecule has 0 saturated carbocycles. The Balaban J connectivity index is 2.29. The minimum atomic E-state index is -4.54. The van der Waals surface area contributed by atoms with Crippen LogP contribution in [0.15, 0.2) is 54.6 Å². The number of hydrogen-bond donors (Lipinski definition) is 0. The Kier molecular flexibility index (Phi) is 5.18. The van der Waals surface area contributed by atoms with Gasteiger partial charge in [0.2, 0.25) is 0 Å². The molecule has 0 aliphatic heterocycles. The molecule has 5 nitrogen and oxygen atoms in total. The van der Waals surface area contributed by atoms with Gasteiger partial charge in [0.1, 0.15) is 11.6 Å². The second kappa shape index (κ2) is 7.56. The third-order valence-electron chi connectivity index (χ3n) is 3.93. The summed E-state index contributed by atoms with van der Waals surface area (Å²) < 4.78 is 45.5. The van der Waals surface area contributed by atoms with E-state index in [0.29, 0.717) is 5.56 Å². The quantitative estimate of drug-likeness (QED) is 0.615. The maximum Gasteiger partial charge on any atom is 0.416 e.